The molecule has 182 valence electrons. The topological polar surface area (TPSA) is 34.1 Å². The van der Waals surface area contributed by atoms with E-state index in [-0.39, 0.29) is 11.6 Å². The number of carbonyl (C=O) groups is 2. The molecule has 2 nitrogen and oxygen atoms in total. The summed E-state index contributed by atoms with van der Waals surface area (Å²) in [5, 5.41) is 0. The second-order valence-electron chi connectivity index (χ2n) is 9.64. The maximum atomic E-state index is 12.4. The minimum absolute atomic E-state index is 0.0258. The molecule has 0 atom stereocenters. The highest BCUT2D eigenvalue weighted by Gasteiger charge is 2.13. The summed E-state index contributed by atoms with van der Waals surface area (Å²) in [6, 6.07) is 7.21. The summed E-state index contributed by atoms with van der Waals surface area (Å²) in [5.74, 6) is 0.0879. The van der Waals surface area contributed by atoms with Crippen LogP contribution in [0.1, 0.15) is 163 Å². The zero-order chi connectivity index (χ0) is 23.3. The number of hydrogen-bond donors (Lipinski definition) is 0. The zero-order valence-corrected chi connectivity index (χ0v) is 21.3. The maximum Gasteiger partial charge on any atom is 0.163 e. The molecule has 2 heteroatoms. The molecular weight excluding hydrogens is 392 g/mol. The van der Waals surface area contributed by atoms with Gasteiger partial charge in [0.15, 0.2) is 11.6 Å². The molecule has 0 aliphatic rings. The van der Waals surface area contributed by atoms with Crippen molar-refractivity contribution in [1.29, 1.82) is 0 Å². The Balaban J connectivity index is 1.85. The Bertz CT molecular complexity index is 605. The van der Waals surface area contributed by atoms with Crippen molar-refractivity contribution in [2.24, 2.45) is 0 Å². The third-order valence-electron chi connectivity index (χ3n) is 6.61. The van der Waals surface area contributed by atoms with Gasteiger partial charge in [0.25, 0.3) is 0 Å². The molecule has 0 unspecified atom stereocenters. The Kier molecular flexibility index (Phi) is 18.0. The van der Waals surface area contributed by atoms with Crippen molar-refractivity contribution in [3.8, 4) is 0 Å². The van der Waals surface area contributed by atoms with Crippen LogP contribution in [-0.4, -0.2) is 11.6 Å². The smallest absolute Gasteiger partial charge is 0.163 e. The molecule has 1 aromatic rings. The summed E-state index contributed by atoms with van der Waals surface area (Å²) < 4.78 is 0. The summed E-state index contributed by atoms with van der Waals surface area (Å²) in [4.78, 5) is 24.1. The Hall–Kier alpha value is -1.44. The van der Waals surface area contributed by atoms with E-state index in [1.54, 1.807) is 12.1 Å². The van der Waals surface area contributed by atoms with E-state index in [1.165, 1.54) is 116 Å². The molecule has 0 saturated carbocycles. The monoisotopic (exact) mass is 442 g/mol. The lowest BCUT2D eigenvalue weighted by molar-refractivity contribution is 0.0959. The van der Waals surface area contributed by atoms with Gasteiger partial charge in [0.05, 0.1) is 0 Å². The average Bonchev–Trinajstić information content (AvgIpc) is 2.80. The highest BCUT2D eigenvalue weighted by Crippen LogP contribution is 2.17. The summed E-state index contributed by atoms with van der Waals surface area (Å²) in [6.45, 7) is 3.82. The van der Waals surface area contributed by atoms with Crippen LogP contribution in [0.4, 0.5) is 0 Å². The van der Waals surface area contributed by atoms with Crippen LogP contribution in [0.15, 0.2) is 24.3 Å². The minimum Gasteiger partial charge on any atom is -0.294 e. The van der Waals surface area contributed by atoms with Crippen LogP contribution in [0, 0.1) is 0 Å². The van der Waals surface area contributed by atoms with Crippen LogP contribution in [-0.2, 0) is 0 Å². The van der Waals surface area contributed by atoms with Gasteiger partial charge in [0, 0.05) is 17.5 Å². The van der Waals surface area contributed by atoms with Crippen molar-refractivity contribution in [3.05, 3.63) is 35.4 Å². The first-order chi connectivity index (χ1) is 15.7. The van der Waals surface area contributed by atoms with Gasteiger partial charge in [0.1, 0.15) is 0 Å². The fourth-order valence-corrected chi connectivity index (χ4v) is 4.53. The van der Waals surface area contributed by atoms with E-state index in [4.69, 9.17) is 0 Å². The van der Waals surface area contributed by atoms with Crippen molar-refractivity contribution >= 4 is 11.6 Å². The van der Waals surface area contributed by atoms with Crippen molar-refractivity contribution in [2.75, 3.05) is 0 Å². The molecule has 0 saturated heterocycles. The van der Waals surface area contributed by atoms with Crippen molar-refractivity contribution in [1.82, 2.24) is 0 Å². The number of Topliss-reactive ketones (excluding diaryl/α,β-unsaturated/α-hetero) is 2. The largest absolute Gasteiger partial charge is 0.294 e. The van der Waals surface area contributed by atoms with Gasteiger partial charge in [-0.25, -0.2) is 0 Å². The molecule has 0 amide bonds. The van der Waals surface area contributed by atoms with E-state index in [0.717, 1.165) is 12.8 Å². The van der Waals surface area contributed by atoms with E-state index in [0.29, 0.717) is 17.5 Å². The van der Waals surface area contributed by atoms with Crippen LogP contribution in [0.5, 0.6) is 0 Å². The first-order valence-corrected chi connectivity index (χ1v) is 13.8. The van der Waals surface area contributed by atoms with Gasteiger partial charge in [0.2, 0.25) is 0 Å². The summed E-state index contributed by atoms with van der Waals surface area (Å²) >= 11 is 0. The summed E-state index contributed by atoms with van der Waals surface area (Å²) in [6.07, 6.45) is 26.3. The highest BCUT2D eigenvalue weighted by molar-refractivity contribution is 6.07. The second kappa shape index (κ2) is 20.2. The quantitative estimate of drug-likeness (QED) is 0.132. The number of benzene rings is 1. The van der Waals surface area contributed by atoms with Crippen molar-refractivity contribution in [3.63, 3.8) is 0 Å². The molecule has 0 bridgehead atoms. The van der Waals surface area contributed by atoms with Crippen LogP contribution in [0.25, 0.3) is 0 Å². The summed E-state index contributed by atoms with van der Waals surface area (Å²) in [7, 11) is 0. The van der Waals surface area contributed by atoms with E-state index in [1.807, 2.05) is 12.1 Å². The van der Waals surface area contributed by atoms with Gasteiger partial charge in [-0.15, -0.1) is 0 Å². The second-order valence-corrected chi connectivity index (χ2v) is 9.64. The Morgan fingerprint density at radius 1 is 0.531 bits per heavy atom. The average molecular weight is 443 g/mol. The lowest BCUT2D eigenvalue weighted by Crippen LogP contribution is -2.06. The maximum absolute atomic E-state index is 12.4. The number of hydrogen-bond acceptors (Lipinski definition) is 2. The van der Waals surface area contributed by atoms with Crippen LogP contribution < -0.4 is 0 Å². The fraction of sp³-hybridized carbons (Fsp3) is 0.733. The number of carbonyl (C=O) groups excluding carboxylic acids is 2. The first kappa shape index (κ1) is 28.6. The molecule has 32 heavy (non-hydrogen) atoms. The van der Waals surface area contributed by atoms with Gasteiger partial charge in [-0.3, -0.25) is 9.59 Å². The van der Waals surface area contributed by atoms with Gasteiger partial charge >= 0.3 is 0 Å². The van der Waals surface area contributed by atoms with Gasteiger partial charge in [-0.1, -0.05) is 147 Å². The first-order valence-electron chi connectivity index (χ1n) is 13.8. The number of rotatable bonds is 22. The van der Waals surface area contributed by atoms with Crippen LogP contribution >= 0.6 is 0 Å². The molecule has 0 N–H and O–H groups in total. The summed E-state index contributed by atoms with van der Waals surface area (Å²) in [5.41, 5.74) is 1.16. The minimum atomic E-state index is -0.0258. The number of ketones is 2. The molecule has 0 aromatic heterocycles. The molecule has 0 radical (unpaired) electrons. The molecule has 0 aliphatic carbocycles. The Morgan fingerprint density at radius 2 is 0.875 bits per heavy atom. The van der Waals surface area contributed by atoms with E-state index in [2.05, 4.69) is 6.92 Å². The van der Waals surface area contributed by atoms with E-state index >= 15 is 0 Å². The zero-order valence-electron chi connectivity index (χ0n) is 21.3. The van der Waals surface area contributed by atoms with Crippen molar-refractivity contribution in [2.45, 2.75) is 142 Å². The third-order valence-corrected chi connectivity index (χ3v) is 6.61. The molecule has 0 aliphatic heterocycles. The predicted molar refractivity (Wildman–Crippen MR) is 139 cm³/mol. The lowest BCUT2D eigenvalue weighted by atomic mass is 9.97. The fourth-order valence-electron chi connectivity index (χ4n) is 4.53. The Morgan fingerprint density at radius 3 is 1.25 bits per heavy atom. The highest BCUT2D eigenvalue weighted by atomic mass is 16.1. The molecule has 1 rings (SSSR count). The van der Waals surface area contributed by atoms with E-state index in [9.17, 15) is 9.59 Å². The molecule has 1 aromatic carbocycles. The SMILES string of the molecule is CCCCCCCCCCCCCCCCCCCCCC(=O)c1ccccc1C(C)=O. The lowest BCUT2D eigenvalue weighted by Gasteiger charge is -2.06. The van der Waals surface area contributed by atoms with Gasteiger partial charge in [-0.2, -0.15) is 0 Å². The van der Waals surface area contributed by atoms with Crippen molar-refractivity contribution < 1.29 is 9.59 Å². The van der Waals surface area contributed by atoms with Gasteiger partial charge in [-0.05, 0) is 13.3 Å². The molecule has 0 spiro atoms. The predicted octanol–water partition coefficient (Wildman–Crippen LogP) is 9.89. The van der Waals surface area contributed by atoms with Gasteiger partial charge < -0.3 is 0 Å². The third kappa shape index (κ3) is 14.6. The number of unbranched alkanes of at least 4 members (excludes halogenated alkanes) is 18. The Labute approximate surface area is 199 Å². The normalized spacial score (nSPS) is 11.1. The standard InChI is InChI=1S/C30H50O2/c1-3-4-5-6-7-8-9-10-11-12-13-14-15-16-17-18-19-20-21-26-30(32)29-25-23-22-24-28(29)27(2)31/h22-25H,3-21,26H2,1-2H3. The molecule has 0 fully saturated rings. The molecule has 0 heterocycles. The van der Waals surface area contributed by atoms with E-state index < -0.39 is 0 Å². The molecular formula is C30H50O2. The van der Waals surface area contributed by atoms with Crippen LogP contribution in [0.3, 0.4) is 0 Å². The van der Waals surface area contributed by atoms with Crippen LogP contribution in [0.2, 0.25) is 0 Å².